The highest BCUT2D eigenvalue weighted by Gasteiger charge is 2.85. The van der Waals surface area contributed by atoms with Crippen LogP contribution in [0.4, 0.5) is 105 Å². The van der Waals surface area contributed by atoms with Gasteiger partial charge in [0.2, 0.25) is 22.7 Å². The van der Waals surface area contributed by atoms with Gasteiger partial charge in [0.15, 0.2) is 30.9 Å². The first-order valence-electron chi connectivity index (χ1n) is 14.6. The molecule has 8 unspecified atom stereocenters. The van der Waals surface area contributed by atoms with Crippen molar-refractivity contribution in [2.45, 2.75) is 94.7 Å². The van der Waals surface area contributed by atoms with E-state index in [2.05, 4.69) is 0 Å². The lowest BCUT2D eigenvalue weighted by Crippen LogP contribution is -2.68. The molecule has 0 saturated carbocycles. The molecule has 1 aromatic heterocycles. The normalized spacial score (nSPS) is 41.3. The van der Waals surface area contributed by atoms with Crippen molar-refractivity contribution >= 4 is 0 Å². The number of aromatic nitrogens is 1. The Morgan fingerprint density at radius 1 is 0.382 bits per heavy atom. The van der Waals surface area contributed by atoms with E-state index in [1.165, 1.54) is 0 Å². The molecular weight excluding hydrogens is 830 g/mol. The molecule has 1 nitrogen and oxygen atoms in total. The van der Waals surface area contributed by atoms with Gasteiger partial charge >= 0.3 is 47.4 Å². The second-order valence-electron chi connectivity index (χ2n) is 12.9. The molecule has 308 valence electrons. The second-order valence-corrected chi connectivity index (χ2v) is 12.9. The monoisotopic (exact) mass is 846 g/mol. The highest BCUT2D eigenvalue weighted by molar-refractivity contribution is 5.58. The molecule has 1 aromatic rings. The zero-order valence-electron chi connectivity index (χ0n) is 26.0. The molecule has 5 rings (SSSR count). The largest absolute Gasteiger partial charge is 0.360 e. The fourth-order valence-electron chi connectivity index (χ4n) is 6.60. The minimum absolute atomic E-state index is 0.364. The smallest absolute Gasteiger partial charge is 0.236 e. The van der Waals surface area contributed by atoms with Gasteiger partial charge in [-0.25, -0.2) is 39.7 Å². The quantitative estimate of drug-likeness (QED) is 0.162. The Balaban J connectivity index is 2.21. The van der Waals surface area contributed by atoms with Crippen LogP contribution in [0.2, 0.25) is 0 Å². The second kappa shape index (κ2) is 11.3. The lowest BCUT2D eigenvalue weighted by Gasteiger charge is -2.48. The standard InChI is InChI=1S/C30H16F24N/c1-55-10-11(19(35)6-2-12(31)23(39,40)27(19,47)48)16(20(36)7-3-13(32)24(41,42)28(20,49)50)17(21(37)8-4-14(33)25(43,44)29(21,51)52)18(55)22(38)9-5-15(34)26(45,46)30(22,53)54/h2-10,12-15H,1H3/q+1. The number of alkyl halides is 24. The number of halogens is 24. The van der Waals surface area contributed by atoms with E-state index >= 15 is 52.7 Å². The molecule has 0 aliphatic heterocycles. The van der Waals surface area contributed by atoms with E-state index in [0.717, 1.165) is 0 Å². The predicted octanol–water partition coefficient (Wildman–Crippen LogP) is 9.88. The van der Waals surface area contributed by atoms with Crippen LogP contribution in [-0.4, -0.2) is 72.1 Å². The highest BCUT2D eigenvalue weighted by Crippen LogP contribution is 2.67. The number of allylic oxidation sites excluding steroid dienone is 8. The predicted molar refractivity (Wildman–Crippen MR) is 134 cm³/mol. The Labute approximate surface area is 289 Å². The van der Waals surface area contributed by atoms with E-state index < -0.39 is 176 Å². The number of rotatable bonds is 4. The Hall–Kier alpha value is -3.57. The fraction of sp³-hybridized carbons (Fsp3) is 0.567. The summed E-state index contributed by atoms with van der Waals surface area (Å²) >= 11 is 0. The van der Waals surface area contributed by atoms with Crippen molar-refractivity contribution in [2.75, 3.05) is 0 Å². The van der Waals surface area contributed by atoms with Crippen LogP contribution in [-0.2, 0) is 29.7 Å². The number of aryl methyl sites for hydroxylation is 1. The Kier molecular flexibility index (Phi) is 8.75. The molecule has 0 fully saturated rings. The van der Waals surface area contributed by atoms with Gasteiger partial charge in [0.05, 0.1) is 11.1 Å². The lowest BCUT2D eigenvalue weighted by molar-refractivity contribution is -0.688. The summed E-state index contributed by atoms with van der Waals surface area (Å²) in [5, 5.41) is 0. The summed E-state index contributed by atoms with van der Waals surface area (Å²) in [7, 11) is -0.364. The van der Waals surface area contributed by atoms with Crippen molar-refractivity contribution in [3.63, 3.8) is 0 Å². The summed E-state index contributed by atoms with van der Waals surface area (Å²) in [4.78, 5) is 0. The van der Waals surface area contributed by atoms with Gasteiger partial charge in [-0.15, -0.1) is 0 Å². The van der Waals surface area contributed by atoms with Crippen molar-refractivity contribution < 1.29 is 110 Å². The topological polar surface area (TPSA) is 3.88 Å². The number of pyridine rings is 1. The molecule has 0 spiro atoms. The average Bonchev–Trinajstić information content (AvgIpc) is 3.06. The van der Waals surface area contributed by atoms with E-state index in [0.29, 0.717) is 0 Å². The minimum Gasteiger partial charge on any atom is -0.236 e. The van der Waals surface area contributed by atoms with Crippen LogP contribution in [0.25, 0.3) is 0 Å². The molecule has 0 radical (unpaired) electrons. The van der Waals surface area contributed by atoms with E-state index in [9.17, 15) is 52.7 Å². The van der Waals surface area contributed by atoms with Crippen LogP contribution in [0.3, 0.4) is 0 Å². The molecule has 0 saturated heterocycles. The lowest BCUT2D eigenvalue weighted by atomic mass is 9.65. The third-order valence-corrected chi connectivity index (χ3v) is 9.76. The fourth-order valence-corrected chi connectivity index (χ4v) is 6.60. The van der Waals surface area contributed by atoms with E-state index in [1.807, 2.05) is 0 Å². The molecule has 55 heavy (non-hydrogen) atoms. The van der Waals surface area contributed by atoms with E-state index in [1.54, 1.807) is 0 Å². The van der Waals surface area contributed by atoms with Gasteiger partial charge in [-0.3, -0.25) is 0 Å². The zero-order valence-corrected chi connectivity index (χ0v) is 26.0. The Bertz CT molecular complexity index is 1900. The zero-order chi connectivity index (χ0) is 42.6. The number of nitrogens with zero attached hydrogens (tertiary/aromatic N) is 1. The summed E-state index contributed by atoms with van der Waals surface area (Å²) < 4.78 is 366. The SMILES string of the molecule is C[n+]1cc(C2(F)C=CC(F)C(F)(F)C2(F)F)c(C2(F)C=CC(F)C(F)(F)C2(F)F)c(C2(F)C=CC(F)C(F)(F)C2(F)F)c1C1(F)C=CC(F)C(F)(F)C1(F)F. The maximum absolute atomic E-state index is 17.2. The molecule has 0 aromatic carbocycles. The van der Waals surface area contributed by atoms with Crippen molar-refractivity contribution in [1.82, 2.24) is 0 Å². The van der Waals surface area contributed by atoms with Crippen LogP contribution in [0.5, 0.6) is 0 Å². The van der Waals surface area contributed by atoms with E-state index in [-0.39, 0.29) is 7.05 Å². The van der Waals surface area contributed by atoms with Gasteiger partial charge in [-0.2, -0.15) is 70.2 Å². The van der Waals surface area contributed by atoms with Gasteiger partial charge in [0.1, 0.15) is 7.05 Å². The molecule has 0 bridgehead atoms. The van der Waals surface area contributed by atoms with Crippen molar-refractivity contribution in [2.24, 2.45) is 7.05 Å². The van der Waals surface area contributed by atoms with Crippen LogP contribution < -0.4 is 4.57 Å². The van der Waals surface area contributed by atoms with Crippen molar-refractivity contribution in [1.29, 1.82) is 0 Å². The summed E-state index contributed by atoms with van der Waals surface area (Å²) in [6.07, 6.45) is -28.5. The molecule has 8 atom stereocenters. The van der Waals surface area contributed by atoms with Crippen LogP contribution in [0.1, 0.15) is 22.4 Å². The molecule has 25 heteroatoms. The third-order valence-electron chi connectivity index (χ3n) is 9.76. The molecule has 4 aliphatic carbocycles. The summed E-state index contributed by atoms with van der Waals surface area (Å²) in [5.74, 6) is -55.4. The van der Waals surface area contributed by atoms with Gasteiger partial charge in [0, 0.05) is 5.56 Å². The van der Waals surface area contributed by atoms with E-state index in [4.69, 9.17) is 0 Å². The molecular formula is C30H16F24N+. The number of hydrogen-bond acceptors (Lipinski definition) is 0. The van der Waals surface area contributed by atoms with Crippen molar-refractivity contribution in [3.05, 3.63) is 77.2 Å². The number of hydrogen-bond donors (Lipinski definition) is 0. The Morgan fingerprint density at radius 2 is 0.636 bits per heavy atom. The van der Waals surface area contributed by atoms with Crippen LogP contribution in [0, 0.1) is 0 Å². The third kappa shape index (κ3) is 4.60. The first kappa shape index (κ1) is 42.6. The highest BCUT2D eigenvalue weighted by atomic mass is 19.4. The molecule has 0 N–H and O–H groups in total. The molecule has 4 aliphatic rings. The average molecular weight is 846 g/mol. The summed E-state index contributed by atoms with van der Waals surface area (Å²) in [6.45, 7) is 0. The van der Waals surface area contributed by atoms with Gasteiger partial charge in [-0.1, -0.05) is 0 Å². The summed E-state index contributed by atoms with van der Waals surface area (Å²) in [6, 6.07) is 0. The maximum atomic E-state index is 17.2. The first-order chi connectivity index (χ1) is 24.4. The maximum Gasteiger partial charge on any atom is 0.360 e. The summed E-state index contributed by atoms with van der Waals surface area (Å²) in [5.41, 5.74) is -40.5. The Morgan fingerprint density at radius 3 is 0.982 bits per heavy atom. The van der Waals surface area contributed by atoms with Gasteiger partial charge in [0.25, 0.3) is 5.67 Å². The molecule has 0 amide bonds. The van der Waals surface area contributed by atoms with Gasteiger partial charge < -0.3 is 0 Å². The van der Waals surface area contributed by atoms with Gasteiger partial charge in [-0.05, 0) is 48.6 Å². The van der Waals surface area contributed by atoms with Crippen LogP contribution in [0.15, 0.2) is 54.8 Å². The first-order valence-corrected chi connectivity index (χ1v) is 14.6. The minimum atomic E-state index is -7.32. The molecule has 1 heterocycles. The van der Waals surface area contributed by atoms with Crippen LogP contribution >= 0.6 is 0 Å². The van der Waals surface area contributed by atoms with Crippen molar-refractivity contribution in [3.8, 4) is 0 Å².